The van der Waals surface area contributed by atoms with Gasteiger partial charge in [0.15, 0.2) is 5.69 Å². The predicted octanol–water partition coefficient (Wildman–Crippen LogP) is 2.91. The van der Waals surface area contributed by atoms with Crippen molar-refractivity contribution in [1.82, 2.24) is 15.1 Å². The molecule has 7 heteroatoms. The highest BCUT2D eigenvalue weighted by atomic mass is 19.4. The Balaban J connectivity index is 1.97. The molecule has 0 aliphatic heterocycles. The predicted molar refractivity (Wildman–Crippen MR) is 67.0 cm³/mol. The molecule has 0 spiro atoms. The van der Waals surface area contributed by atoms with E-state index in [0.29, 0.717) is 0 Å². The van der Waals surface area contributed by atoms with E-state index in [0.717, 1.165) is 36.4 Å². The smallest absolute Gasteiger partial charge is 0.352 e. The third-order valence-electron chi connectivity index (χ3n) is 3.63. The molecule has 0 aromatic carbocycles. The minimum atomic E-state index is -4.48. The monoisotopic (exact) mass is 289 g/mol. The maximum absolute atomic E-state index is 12.5. The summed E-state index contributed by atoms with van der Waals surface area (Å²) < 4.78 is 38.4. The molecule has 20 heavy (non-hydrogen) atoms. The van der Waals surface area contributed by atoms with Crippen molar-refractivity contribution < 1.29 is 18.0 Å². The summed E-state index contributed by atoms with van der Waals surface area (Å²) in [6.07, 6.45) is 1.92. The second-order valence-electron chi connectivity index (χ2n) is 5.20. The van der Waals surface area contributed by atoms with Crippen LogP contribution in [0.2, 0.25) is 0 Å². The molecule has 4 nitrogen and oxygen atoms in total. The molecule has 1 aromatic rings. The van der Waals surface area contributed by atoms with Gasteiger partial charge in [-0.15, -0.1) is 0 Å². The molecule has 1 aromatic heterocycles. The summed E-state index contributed by atoms with van der Waals surface area (Å²) in [5.41, 5.74) is -0.977. The van der Waals surface area contributed by atoms with Crippen LogP contribution in [0, 0.1) is 0 Å². The number of halogens is 3. The molecule has 1 heterocycles. The van der Waals surface area contributed by atoms with E-state index in [9.17, 15) is 18.0 Å². The second kappa shape index (κ2) is 5.85. The Morgan fingerprint density at radius 1 is 1.40 bits per heavy atom. The van der Waals surface area contributed by atoms with Crippen molar-refractivity contribution in [3.8, 4) is 0 Å². The molecule has 1 aliphatic carbocycles. The summed E-state index contributed by atoms with van der Waals surface area (Å²) in [6, 6.07) is 0.272. The van der Waals surface area contributed by atoms with Gasteiger partial charge in [0, 0.05) is 12.2 Å². The molecule has 1 amide bonds. The van der Waals surface area contributed by atoms with Gasteiger partial charge in [0.05, 0.1) is 0 Å². The first kappa shape index (κ1) is 14.9. The van der Waals surface area contributed by atoms with E-state index in [2.05, 4.69) is 10.4 Å². The van der Waals surface area contributed by atoms with Crippen molar-refractivity contribution in [2.75, 3.05) is 0 Å². The van der Waals surface area contributed by atoms with E-state index in [1.165, 1.54) is 12.6 Å². The fourth-order valence-corrected chi connectivity index (χ4v) is 2.39. The summed E-state index contributed by atoms with van der Waals surface area (Å²) in [6.45, 7) is 1.55. The van der Waals surface area contributed by atoms with Crippen LogP contribution in [-0.4, -0.2) is 21.7 Å². The number of hydrogen-bond acceptors (Lipinski definition) is 2. The first-order chi connectivity index (χ1) is 9.38. The topological polar surface area (TPSA) is 46.9 Å². The fraction of sp³-hybridized carbons (Fsp3) is 0.692. The molecule has 1 aliphatic rings. The lowest BCUT2D eigenvalue weighted by atomic mass is 9.95. The maximum Gasteiger partial charge on any atom is 0.435 e. The molecule has 0 saturated heterocycles. The number of alkyl halides is 3. The van der Waals surface area contributed by atoms with Crippen molar-refractivity contribution in [2.45, 2.75) is 57.3 Å². The van der Waals surface area contributed by atoms with Crippen molar-refractivity contribution in [3.63, 3.8) is 0 Å². The summed E-state index contributed by atoms with van der Waals surface area (Å²) in [4.78, 5) is 12.0. The molecule has 0 bridgehead atoms. The third-order valence-corrected chi connectivity index (χ3v) is 3.63. The van der Waals surface area contributed by atoms with Gasteiger partial charge in [0.25, 0.3) is 0 Å². The van der Waals surface area contributed by atoms with E-state index < -0.39 is 17.9 Å². The van der Waals surface area contributed by atoms with E-state index in [1.54, 1.807) is 6.92 Å². The Hall–Kier alpha value is -1.53. The zero-order valence-corrected chi connectivity index (χ0v) is 11.3. The normalized spacial score (nSPS) is 18.8. The molecule has 112 valence electrons. The molecule has 1 saturated carbocycles. The van der Waals surface area contributed by atoms with Crippen LogP contribution in [0.4, 0.5) is 13.2 Å². The highest BCUT2D eigenvalue weighted by Gasteiger charge is 2.34. The SMILES string of the molecule is CC(C(=O)NC1CCCCC1)n1ccc(C(F)(F)F)n1. The molecular formula is C13H18F3N3O. The van der Waals surface area contributed by atoms with Gasteiger partial charge in [-0.25, -0.2) is 0 Å². The highest BCUT2D eigenvalue weighted by molar-refractivity contribution is 5.80. The van der Waals surface area contributed by atoms with Crippen LogP contribution in [0.3, 0.4) is 0 Å². The van der Waals surface area contributed by atoms with Gasteiger partial charge in [0.2, 0.25) is 5.91 Å². The molecule has 1 unspecified atom stereocenters. The number of hydrogen-bond donors (Lipinski definition) is 1. The van der Waals surface area contributed by atoms with Gasteiger partial charge in [-0.2, -0.15) is 18.3 Å². The van der Waals surface area contributed by atoms with Crippen LogP contribution in [-0.2, 0) is 11.0 Å². The Morgan fingerprint density at radius 3 is 2.60 bits per heavy atom. The molecular weight excluding hydrogens is 271 g/mol. The molecule has 1 fully saturated rings. The lowest BCUT2D eigenvalue weighted by molar-refractivity contribution is -0.142. The minimum absolute atomic E-state index is 0.136. The van der Waals surface area contributed by atoms with E-state index in [1.807, 2.05) is 0 Å². The van der Waals surface area contributed by atoms with Crippen LogP contribution < -0.4 is 5.32 Å². The fourth-order valence-electron chi connectivity index (χ4n) is 2.39. The van der Waals surface area contributed by atoms with E-state index >= 15 is 0 Å². The lowest BCUT2D eigenvalue weighted by Crippen LogP contribution is -2.40. The molecule has 1 atom stereocenters. The number of rotatable bonds is 3. The molecule has 1 N–H and O–H groups in total. The highest BCUT2D eigenvalue weighted by Crippen LogP contribution is 2.28. The van der Waals surface area contributed by atoms with Gasteiger partial charge in [-0.1, -0.05) is 19.3 Å². The number of aromatic nitrogens is 2. The van der Waals surface area contributed by atoms with Crippen molar-refractivity contribution >= 4 is 5.91 Å². The summed E-state index contributed by atoms with van der Waals surface area (Å²) in [5, 5.41) is 6.31. The number of carbonyl (C=O) groups excluding carboxylic acids is 1. The Morgan fingerprint density at radius 2 is 2.05 bits per heavy atom. The van der Waals surface area contributed by atoms with Crippen LogP contribution in [0.1, 0.15) is 50.8 Å². The summed E-state index contributed by atoms with van der Waals surface area (Å²) >= 11 is 0. The van der Waals surface area contributed by atoms with Crippen LogP contribution in [0.5, 0.6) is 0 Å². The van der Waals surface area contributed by atoms with E-state index in [-0.39, 0.29) is 11.9 Å². The van der Waals surface area contributed by atoms with Crippen LogP contribution in [0.25, 0.3) is 0 Å². The molecule has 0 radical (unpaired) electrons. The number of nitrogens with one attached hydrogen (secondary N) is 1. The Bertz CT molecular complexity index is 464. The first-order valence-electron chi connectivity index (χ1n) is 6.80. The van der Waals surface area contributed by atoms with Gasteiger partial charge >= 0.3 is 6.18 Å². The van der Waals surface area contributed by atoms with Crippen LogP contribution in [0.15, 0.2) is 12.3 Å². The number of carbonyl (C=O) groups is 1. The quantitative estimate of drug-likeness (QED) is 0.930. The maximum atomic E-state index is 12.5. The van der Waals surface area contributed by atoms with Crippen LogP contribution >= 0.6 is 0 Å². The summed E-state index contributed by atoms with van der Waals surface area (Å²) in [5.74, 6) is -0.284. The lowest BCUT2D eigenvalue weighted by Gasteiger charge is -2.24. The van der Waals surface area contributed by atoms with Crippen molar-refractivity contribution in [2.24, 2.45) is 0 Å². The number of amides is 1. The standard InChI is InChI=1S/C13H18F3N3O/c1-9(12(20)17-10-5-3-2-4-6-10)19-8-7-11(18-19)13(14,15)16/h7-10H,2-6H2,1H3,(H,17,20). The Labute approximate surface area is 115 Å². The average Bonchev–Trinajstić information content (AvgIpc) is 2.88. The van der Waals surface area contributed by atoms with Crippen molar-refractivity contribution in [3.05, 3.63) is 18.0 Å². The average molecular weight is 289 g/mol. The van der Waals surface area contributed by atoms with Gasteiger partial charge in [-0.05, 0) is 25.8 Å². The largest absolute Gasteiger partial charge is 0.435 e. The molecule has 2 rings (SSSR count). The third kappa shape index (κ3) is 3.52. The Kier molecular flexibility index (Phi) is 4.35. The van der Waals surface area contributed by atoms with Gasteiger partial charge in [0.1, 0.15) is 6.04 Å². The van der Waals surface area contributed by atoms with Gasteiger partial charge in [-0.3, -0.25) is 9.48 Å². The minimum Gasteiger partial charge on any atom is -0.352 e. The zero-order chi connectivity index (χ0) is 14.8. The first-order valence-corrected chi connectivity index (χ1v) is 6.80. The number of nitrogens with zero attached hydrogens (tertiary/aromatic N) is 2. The zero-order valence-electron chi connectivity index (χ0n) is 11.3. The second-order valence-corrected chi connectivity index (χ2v) is 5.20. The van der Waals surface area contributed by atoms with Crippen molar-refractivity contribution in [1.29, 1.82) is 0 Å². The summed E-state index contributed by atoms with van der Waals surface area (Å²) in [7, 11) is 0. The van der Waals surface area contributed by atoms with E-state index in [4.69, 9.17) is 0 Å². The van der Waals surface area contributed by atoms with Gasteiger partial charge < -0.3 is 5.32 Å².